The first-order chi connectivity index (χ1) is 23.1. The predicted octanol–water partition coefficient (Wildman–Crippen LogP) is 7.05. The highest BCUT2D eigenvalue weighted by Crippen LogP contribution is 2.32. The number of carbonyl (C=O) groups excluding carboxylic acids is 3. The van der Waals surface area contributed by atoms with Gasteiger partial charge in [0.2, 0.25) is 11.8 Å². The van der Waals surface area contributed by atoms with E-state index >= 15 is 0 Å². The van der Waals surface area contributed by atoms with Crippen molar-refractivity contribution >= 4 is 46.7 Å². The number of carbonyl (C=O) groups is 3. The van der Waals surface area contributed by atoms with Crippen molar-refractivity contribution in [1.82, 2.24) is 19.6 Å². The number of para-hydroxylation sites is 1. The standard InChI is InChI=1S/C38H45Cl2N5O3/c1-42(2)24-26-7-10-28(11-8-26)29-13-17-44(18-14-29)37(47)31(21-27-9-12-33(39)34(40)22-27)23-36(46)43-19-15-32(16-20-43)45-25-30-5-3-4-6-35(30)41-38(45)48/h3-12,22,29,31-32H,13-21,23-25H2,1-2H3,(H,41,48). The molecule has 1 N–H and O–H groups in total. The Hall–Kier alpha value is -3.59. The molecule has 10 heteroatoms. The second-order valence-corrected chi connectivity index (χ2v) is 14.6. The number of urea groups is 1. The average Bonchev–Trinajstić information content (AvgIpc) is 3.09. The largest absolute Gasteiger partial charge is 0.343 e. The van der Waals surface area contributed by atoms with E-state index in [1.54, 1.807) is 12.1 Å². The molecule has 0 bridgehead atoms. The van der Waals surface area contributed by atoms with Gasteiger partial charge >= 0.3 is 6.03 Å². The highest BCUT2D eigenvalue weighted by molar-refractivity contribution is 6.42. The maximum atomic E-state index is 14.1. The van der Waals surface area contributed by atoms with E-state index in [4.69, 9.17) is 23.2 Å². The van der Waals surface area contributed by atoms with Crippen LogP contribution in [0.2, 0.25) is 10.0 Å². The number of hydrogen-bond acceptors (Lipinski definition) is 4. The lowest BCUT2D eigenvalue weighted by Gasteiger charge is -2.41. The highest BCUT2D eigenvalue weighted by atomic mass is 35.5. The summed E-state index contributed by atoms with van der Waals surface area (Å²) >= 11 is 12.5. The Morgan fingerprint density at radius 1 is 0.854 bits per heavy atom. The van der Waals surface area contributed by atoms with Crippen LogP contribution in [0.5, 0.6) is 0 Å². The van der Waals surface area contributed by atoms with Crippen molar-refractivity contribution in [3.05, 3.63) is 99.0 Å². The summed E-state index contributed by atoms with van der Waals surface area (Å²) < 4.78 is 0. The summed E-state index contributed by atoms with van der Waals surface area (Å²) in [5.41, 5.74) is 5.46. The number of likely N-dealkylation sites (tertiary alicyclic amines) is 2. The Bertz CT molecular complexity index is 1610. The van der Waals surface area contributed by atoms with Crippen LogP contribution in [0, 0.1) is 5.92 Å². The minimum absolute atomic E-state index is 0.0204. The van der Waals surface area contributed by atoms with Crippen molar-refractivity contribution in [2.24, 2.45) is 5.92 Å². The van der Waals surface area contributed by atoms with Crippen LogP contribution in [0.1, 0.15) is 60.3 Å². The van der Waals surface area contributed by atoms with E-state index in [-0.39, 0.29) is 30.3 Å². The molecule has 0 spiro atoms. The van der Waals surface area contributed by atoms with Gasteiger partial charge in [0, 0.05) is 57.4 Å². The molecule has 3 aliphatic rings. The number of amides is 4. The molecule has 2 fully saturated rings. The fourth-order valence-corrected chi connectivity index (χ4v) is 7.75. The Kier molecular flexibility index (Phi) is 10.9. The average molecular weight is 691 g/mol. The number of hydrogen-bond donors (Lipinski definition) is 1. The van der Waals surface area contributed by atoms with E-state index in [2.05, 4.69) is 48.6 Å². The summed E-state index contributed by atoms with van der Waals surface area (Å²) in [5, 5.41) is 3.91. The summed E-state index contributed by atoms with van der Waals surface area (Å²) in [6, 6.07) is 22.1. The van der Waals surface area contributed by atoms with Gasteiger partial charge in [-0.3, -0.25) is 9.59 Å². The van der Waals surface area contributed by atoms with Gasteiger partial charge in [0.25, 0.3) is 0 Å². The molecule has 4 amide bonds. The van der Waals surface area contributed by atoms with Gasteiger partial charge < -0.3 is 24.9 Å². The lowest BCUT2D eigenvalue weighted by atomic mass is 9.87. The van der Waals surface area contributed by atoms with E-state index in [1.807, 2.05) is 45.0 Å². The zero-order valence-corrected chi connectivity index (χ0v) is 29.3. The first-order valence-corrected chi connectivity index (χ1v) is 17.8. The molecule has 2 saturated heterocycles. The minimum atomic E-state index is -0.501. The molecule has 0 aromatic heterocycles. The lowest BCUT2D eigenvalue weighted by Crippen LogP contribution is -2.51. The maximum Gasteiger partial charge on any atom is 0.322 e. The van der Waals surface area contributed by atoms with Crippen LogP contribution in [-0.2, 0) is 29.1 Å². The van der Waals surface area contributed by atoms with Crippen molar-refractivity contribution in [3.63, 3.8) is 0 Å². The van der Waals surface area contributed by atoms with Crippen LogP contribution < -0.4 is 5.32 Å². The van der Waals surface area contributed by atoms with Crippen LogP contribution in [0.15, 0.2) is 66.7 Å². The zero-order valence-electron chi connectivity index (χ0n) is 27.8. The highest BCUT2D eigenvalue weighted by Gasteiger charge is 2.35. The van der Waals surface area contributed by atoms with Crippen LogP contribution in [0.25, 0.3) is 0 Å². The number of halogens is 2. The molecule has 8 nitrogen and oxygen atoms in total. The SMILES string of the molecule is CN(C)Cc1ccc(C2CCN(C(=O)C(CC(=O)N3CCC(N4Cc5ccccc5NC4=O)CC3)Cc3ccc(Cl)c(Cl)c3)CC2)cc1. The molecule has 3 heterocycles. The third-order valence-corrected chi connectivity index (χ3v) is 10.9. The summed E-state index contributed by atoms with van der Waals surface area (Å²) in [4.78, 5) is 48.6. The summed E-state index contributed by atoms with van der Waals surface area (Å²) in [5.74, 6) is -0.0891. The molecule has 3 aromatic rings. The topological polar surface area (TPSA) is 76.2 Å². The maximum absolute atomic E-state index is 14.1. The summed E-state index contributed by atoms with van der Waals surface area (Å²) in [7, 11) is 4.14. The van der Waals surface area contributed by atoms with E-state index in [0.29, 0.717) is 67.9 Å². The normalized spacial score (nSPS) is 18.1. The second-order valence-electron chi connectivity index (χ2n) is 13.8. The first kappa shape index (κ1) is 34.3. The first-order valence-electron chi connectivity index (χ1n) is 17.0. The van der Waals surface area contributed by atoms with Crippen molar-refractivity contribution in [1.29, 1.82) is 0 Å². The number of nitrogens with one attached hydrogen (secondary N) is 1. The molecule has 1 unspecified atom stereocenters. The molecule has 48 heavy (non-hydrogen) atoms. The molecule has 0 saturated carbocycles. The fraction of sp³-hybridized carbons (Fsp3) is 0.447. The van der Waals surface area contributed by atoms with Crippen LogP contribution in [0.4, 0.5) is 10.5 Å². The quantitative estimate of drug-likeness (QED) is 0.261. The van der Waals surface area contributed by atoms with Gasteiger partial charge in [-0.1, -0.05) is 71.7 Å². The van der Waals surface area contributed by atoms with Crippen molar-refractivity contribution in [2.45, 2.75) is 63.6 Å². The second kappa shape index (κ2) is 15.3. The van der Waals surface area contributed by atoms with Gasteiger partial charge in [-0.15, -0.1) is 0 Å². The van der Waals surface area contributed by atoms with Gasteiger partial charge in [-0.25, -0.2) is 4.79 Å². The number of rotatable bonds is 9. The van der Waals surface area contributed by atoms with Crippen LogP contribution in [-0.4, -0.2) is 83.8 Å². The Balaban J connectivity index is 1.08. The predicted molar refractivity (Wildman–Crippen MR) is 191 cm³/mol. The fourth-order valence-electron chi connectivity index (χ4n) is 7.43. The molecular formula is C38H45Cl2N5O3. The van der Waals surface area contributed by atoms with Crippen molar-refractivity contribution < 1.29 is 14.4 Å². The monoisotopic (exact) mass is 689 g/mol. The zero-order chi connectivity index (χ0) is 33.8. The number of piperidine rings is 2. The van der Waals surface area contributed by atoms with E-state index in [9.17, 15) is 14.4 Å². The van der Waals surface area contributed by atoms with E-state index in [1.165, 1.54) is 11.1 Å². The van der Waals surface area contributed by atoms with E-state index < -0.39 is 5.92 Å². The Morgan fingerprint density at radius 2 is 1.52 bits per heavy atom. The third-order valence-electron chi connectivity index (χ3n) is 10.1. The van der Waals surface area contributed by atoms with Gasteiger partial charge in [0.1, 0.15) is 0 Å². The smallest absolute Gasteiger partial charge is 0.322 e. The molecular weight excluding hydrogens is 645 g/mol. The number of nitrogens with zero attached hydrogens (tertiary/aromatic N) is 4. The third kappa shape index (κ3) is 8.16. The van der Waals surface area contributed by atoms with Crippen molar-refractivity contribution in [2.75, 3.05) is 45.6 Å². The van der Waals surface area contributed by atoms with E-state index in [0.717, 1.165) is 36.2 Å². The van der Waals surface area contributed by atoms with Crippen molar-refractivity contribution in [3.8, 4) is 0 Å². The molecule has 3 aromatic carbocycles. The molecule has 254 valence electrons. The van der Waals surface area contributed by atoms with Gasteiger partial charge in [-0.2, -0.15) is 0 Å². The molecule has 0 aliphatic carbocycles. The number of benzene rings is 3. The van der Waals surface area contributed by atoms with Gasteiger partial charge in [0.15, 0.2) is 0 Å². The van der Waals surface area contributed by atoms with Crippen LogP contribution in [0.3, 0.4) is 0 Å². The lowest BCUT2D eigenvalue weighted by molar-refractivity contribution is -0.142. The van der Waals surface area contributed by atoms with Gasteiger partial charge in [0.05, 0.1) is 16.0 Å². The Labute approximate surface area is 294 Å². The van der Waals surface area contributed by atoms with Gasteiger partial charge in [-0.05, 0) is 92.6 Å². The molecule has 1 atom stereocenters. The number of fused-ring (bicyclic) bond motifs is 1. The Morgan fingerprint density at radius 3 is 2.21 bits per heavy atom. The molecule has 6 rings (SSSR count). The minimum Gasteiger partial charge on any atom is -0.343 e. The molecule has 3 aliphatic heterocycles. The molecule has 0 radical (unpaired) electrons. The summed E-state index contributed by atoms with van der Waals surface area (Å²) in [6.45, 7) is 3.93. The number of anilines is 1. The van der Waals surface area contributed by atoms with Crippen LogP contribution >= 0.6 is 23.2 Å². The summed E-state index contributed by atoms with van der Waals surface area (Å²) in [6.07, 6.45) is 3.75.